The minimum atomic E-state index is -0.535. The fourth-order valence-corrected chi connectivity index (χ4v) is 6.67. The maximum absolute atomic E-state index is 10.0. The van der Waals surface area contributed by atoms with Crippen LogP contribution < -0.4 is 0 Å². The number of aliphatic hydroxyl groups is 2. The minimum absolute atomic E-state index is 0.192. The lowest BCUT2D eigenvalue weighted by molar-refractivity contribution is 0.0596. The molecule has 0 aliphatic heterocycles. The molecule has 3 aliphatic rings. The Morgan fingerprint density at radius 1 is 1.21 bits per heavy atom. The van der Waals surface area contributed by atoms with Gasteiger partial charge in [-0.1, -0.05) is 56.6 Å². The Balaban J connectivity index is 1.68. The highest BCUT2D eigenvalue weighted by Gasteiger charge is 2.50. The largest absolute Gasteiger partial charge is 0.393 e. The second-order valence-electron chi connectivity index (χ2n) is 11.2. The summed E-state index contributed by atoms with van der Waals surface area (Å²) in [5, 5.41) is 20.1. The quantitative estimate of drug-likeness (QED) is 0.518. The molecule has 0 aromatic heterocycles. The minimum Gasteiger partial charge on any atom is -0.393 e. The van der Waals surface area contributed by atoms with E-state index in [4.69, 9.17) is 0 Å². The number of hydrogen-bond acceptors (Lipinski definition) is 2. The molecule has 3 rings (SSSR count). The Bertz CT molecular complexity index is 650. The first-order valence-electron chi connectivity index (χ1n) is 12.1. The summed E-state index contributed by atoms with van der Waals surface area (Å²) < 4.78 is 0. The zero-order chi connectivity index (χ0) is 21.2. The molecule has 0 aromatic carbocycles. The van der Waals surface area contributed by atoms with Crippen LogP contribution in [0.25, 0.3) is 0 Å². The van der Waals surface area contributed by atoms with Crippen molar-refractivity contribution < 1.29 is 10.2 Å². The van der Waals surface area contributed by atoms with Gasteiger partial charge in [-0.3, -0.25) is 0 Å². The van der Waals surface area contributed by atoms with Crippen LogP contribution >= 0.6 is 0 Å². The van der Waals surface area contributed by atoms with Gasteiger partial charge in [0.2, 0.25) is 0 Å². The highest BCUT2D eigenvalue weighted by molar-refractivity contribution is 5.36. The zero-order valence-corrected chi connectivity index (χ0v) is 19.3. The van der Waals surface area contributed by atoms with Crippen molar-refractivity contribution in [3.05, 3.63) is 35.5 Å². The standard InChI is InChI=1S/C27H44O2/c1-19-10-13-23(28)18-22(19)12-11-21-9-7-17-27(5)24(14-15-25(21)27)20(2)8-6-16-26(3,4)29/h11-12,20,23-25,28-29H,1,6-10,13-18H2,2-5H3/b21-11+,22-12-/t20-,23+,24+,25-,27+/m1/s1. The van der Waals surface area contributed by atoms with Gasteiger partial charge < -0.3 is 10.2 Å². The first kappa shape index (κ1) is 22.8. The molecule has 0 bridgehead atoms. The van der Waals surface area contributed by atoms with Gasteiger partial charge in [0, 0.05) is 0 Å². The van der Waals surface area contributed by atoms with Crippen LogP contribution in [0.3, 0.4) is 0 Å². The molecule has 3 saturated carbocycles. The topological polar surface area (TPSA) is 40.5 Å². The number of aliphatic hydroxyl groups excluding tert-OH is 1. The smallest absolute Gasteiger partial charge is 0.0591 e. The van der Waals surface area contributed by atoms with E-state index in [1.807, 2.05) is 13.8 Å². The van der Waals surface area contributed by atoms with Crippen molar-refractivity contribution in [1.82, 2.24) is 0 Å². The highest BCUT2D eigenvalue weighted by atomic mass is 16.3. The second-order valence-corrected chi connectivity index (χ2v) is 11.2. The van der Waals surface area contributed by atoms with Crippen molar-refractivity contribution in [2.24, 2.45) is 23.2 Å². The maximum Gasteiger partial charge on any atom is 0.0591 e. The lowest BCUT2D eigenvalue weighted by Gasteiger charge is -2.44. The van der Waals surface area contributed by atoms with Gasteiger partial charge in [0.25, 0.3) is 0 Å². The van der Waals surface area contributed by atoms with E-state index in [0.29, 0.717) is 5.41 Å². The van der Waals surface area contributed by atoms with E-state index in [2.05, 4.69) is 32.6 Å². The summed E-state index contributed by atoms with van der Waals surface area (Å²) in [7, 11) is 0. The van der Waals surface area contributed by atoms with Gasteiger partial charge in [-0.25, -0.2) is 0 Å². The summed E-state index contributed by atoms with van der Waals surface area (Å²) in [6, 6.07) is 0. The monoisotopic (exact) mass is 400 g/mol. The Hall–Kier alpha value is -0.860. The van der Waals surface area contributed by atoms with E-state index in [9.17, 15) is 10.2 Å². The van der Waals surface area contributed by atoms with Crippen molar-refractivity contribution >= 4 is 0 Å². The van der Waals surface area contributed by atoms with Gasteiger partial charge in [0.1, 0.15) is 0 Å². The molecule has 0 radical (unpaired) electrons. The molecular weight excluding hydrogens is 356 g/mol. The fraction of sp³-hybridized carbons (Fsp3) is 0.778. The van der Waals surface area contributed by atoms with Crippen LogP contribution in [0.15, 0.2) is 35.5 Å². The van der Waals surface area contributed by atoms with Crippen molar-refractivity contribution in [3.8, 4) is 0 Å². The van der Waals surface area contributed by atoms with Crippen molar-refractivity contribution in [3.63, 3.8) is 0 Å². The lowest BCUT2D eigenvalue weighted by Crippen LogP contribution is -2.36. The number of fused-ring (bicyclic) bond motifs is 1. The maximum atomic E-state index is 10.0. The summed E-state index contributed by atoms with van der Waals surface area (Å²) in [6.45, 7) is 13.1. The molecule has 0 heterocycles. The molecular formula is C27H44O2. The van der Waals surface area contributed by atoms with Crippen LogP contribution in [0.4, 0.5) is 0 Å². The Morgan fingerprint density at radius 2 is 1.97 bits per heavy atom. The first-order valence-corrected chi connectivity index (χ1v) is 12.1. The third-order valence-electron chi connectivity index (χ3n) is 8.36. The first-order chi connectivity index (χ1) is 13.6. The van der Waals surface area contributed by atoms with E-state index in [-0.39, 0.29) is 6.10 Å². The SMILES string of the molecule is C=C1CC[C@H](O)C/C1=C/C=C1\CCC[C@]2(C)[C@@H]1CC[C@H]2[C@H](C)CCCC(C)(C)O. The van der Waals surface area contributed by atoms with Crippen molar-refractivity contribution in [2.75, 3.05) is 0 Å². The molecule has 29 heavy (non-hydrogen) atoms. The van der Waals surface area contributed by atoms with Crippen LogP contribution in [0, 0.1) is 23.2 Å². The van der Waals surface area contributed by atoms with Gasteiger partial charge in [-0.2, -0.15) is 0 Å². The molecule has 164 valence electrons. The molecule has 0 saturated heterocycles. The highest BCUT2D eigenvalue weighted by Crippen LogP contribution is 2.60. The molecule has 3 aliphatic carbocycles. The second kappa shape index (κ2) is 9.10. The van der Waals surface area contributed by atoms with E-state index in [0.717, 1.165) is 49.9 Å². The third-order valence-corrected chi connectivity index (χ3v) is 8.36. The zero-order valence-electron chi connectivity index (χ0n) is 19.3. The Morgan fingerprint density at radius 3 is 2.69 bits per heavy atom. The van der Waals surface area contributed by atoms with Crippen molar-refractivity contribution in [2.45, 2.75) is 110 Å². The molecule has 0 spiro atoms. The normalized spacial score (nSPS) is 37.2. The van der Waals surface area contributed by atoms with Crippen LogP contribution in [-0.4, -0.2) is 21.9 Å². The van der Waals surface area contributed by atoms with Gasteiger partial charge in [0.15, 0.2) is 0 Å². The van der Waals surface area contributed by atoms with Gasteiger partial charge in [-0.15, -0.1) is 0 Å². The van der Waals surface area contributed by atoms with Crippen LogP contribution in [0.1, 0.15) is 98.3 Å². The van der Waals surface area contributed by atoms with Gasteiger partial charge in [0.05, 0.1) is 11.7 Å². The summed E-state index contributed by atoms with van der Waals surface area (Å²) in [4.78, 5) is 0. The average molecular weight is 401 g/mol. The number of allylic oxidation sites excluding steroid dienone is 4. The molecule has 2 N–H and O–H groups in total. The molecule has 5 atom stereocenters. The summed E-state index contributed by atoms with van der Waals surface area (Å²) in [6.07, 6.45) is 16.9. The van der Waals surface area contributed by atoms with Crippen LogP contribution in [-0.2, 0) is 0 Å². The predicted octanol–water partition coefficient (Wildman–Crippen LogP) is 6.73. The Labute approximate surface area is 179 Å². The molecule has 0 aromatic rings. The molecule has 2 heteroatoms. The molecule has 0 amide bonds. The van der Waals surface area contributed by atoms with Gasteiger partial charge in [-0.05, 0) is 100 Å². The number of rotatable bonds is 6. The van der Waals surface area contributed by atoms with E-state index in [1.54, 1.807) is 5.57 Å². The predicted molar refractivity (Wildman–Crippen MR) is 123 cm³/mol. The fourth-order valence-electron chi connectivity index (χ4n) is 6.67. The molecule has 2 nitrogen and oxygen atoms in total. The summed E-state index contributed by atoms with van der Waals surface area (Å²) in [5.74, 6) is 2.26. The summed E-state index contributed by atoms with van der Waals surface area (Å²) in [5.41, 5.74) is 4.02. The van der Waals surface area contributed by atoms with E-state index < -0.39 is 5.60 Å². The average Bonchev–Trinajstić information content (AvgIpc) is 2.99. The Kier molecular flexibility index (Phi) is 7.16. The lowest BCUT2D eigenvalue weighted by atomic mass is 9.60. The van der Waals surface area contributed by atoms with Crippen molar-refractivity contribution in [1.29, 1.82) is 0 Å². The van der Waals surface area contributed by atoms with Crippen LogP contribution in [0.2, 0.25) is 0 Å². The van der Waals surface area contributed by atoms with E-state index >= 15 is 0 Å². The van der Waals surface area contributed by atoms with Crippen LogP contribution in [0.5, 0.6) is 0 Å². The molecule has 0 unspecified atom stereocenters. The van der Waals surface area contributed by atoms with Gasteiger partial charge >= 0.3 is 0 Å². The molecule has 3 fully saturated rings. The summed E-state index contributed by atoms with van der Waals surface area (Å²) >= 11 is 0. The number of hydrogen-bond donors (Lipinski definition) is 2. The third kappa shape index (κ3) is 5.44. The van der Waals surface area contributed by atoms with E-state index in [1.165, 1.54) is 49.7 Å².